The number of piperidine rings is 1. The van der Waals surface area contributed by atoms with E-state index in [2.05, 4.69) is 34.5 Å². The molecular weight excluding hydrogens is 504 g/mol. The number of nitrogens with zero attached hydrogens (tertiary/aromatic N) is 3. The van der Waals surface area contributed by atoms with Crippen LogP contribution in [0.15, 0.2) is 78.9 Å². The van der Waals surface area contributed by atoms with Gasteiger partial charge in [-0.25, -0.2) is 0 Å². The van der Waals surface area contributed by atoms with Gasteiger partial charge >= 0.3 is 0 Å². The second-order valence-electron chi connectivity index (χ2n) is 10.5. The zero-order valence-corrected chi connectivity index (χ0v) is 22.5. The smallest absolute Gasteiger partial charge is 0.269 e. The van der Waals surface area contributed by atoms with E-state index in [0.29, 0.717) is 22.7 Å². The Balaban J connectivity index is 1.28. The highest BCUT2D eigenvalue weighted by molar-refractivity contribution is 6.05. The summed E-state index contributed by atoms with van der Waals surface area (Å²) >= 11 is 0. The molecule has 8 nitrogen and oxygen atoms in total. The molecule has 0 saturated carbocycles. The average molecular weight is 539 g/mol. The van der Waals surface area contributed by atoms with Gasteiger partial charge in [-0.2, -0.15) is 0 Å². The van der Waals surface area contributed by atoms with Crippen LogP contribution in [0.3, 0.4) is 0 Å². The Morgan fingerprint density at radius 2 is 1.62 bits per heavy atom. The predicted octanol–water partition coefficient (Wildman–Crippen LogP) is 5.94. The summed E-state index contributed by atoms with van der Waals surface area (Å²) in [5.74, 6) is 0.293. The first kappa shape index (κ1) is 27.1. The second-order valence-corrected chi connectivity index (χ2v) is 10.5. The molecule has 0 aromatic heterocycles. The van der Waals surface area contributed by atoms with Gasteiger partial charge in [0, 0.05) is 55.8 Å². The first-order valence-corrected chi connectivity index (χ1v) is 13.9. The minimum Gasteiger partial charge on any atom is -0.371 e. The third kappa shape index (κ3) is 6.75. The Morgan fingerprint density at radius 3 is 2.30 bits per heavy atom. The number of likely N-dealkylation sites (tertiary alicyclic amines) is 1. The molecule has 2 saturated heterocycles. The lowest BCUT2D eigenvalue weighted by molar-refractivity contribution is -0.384. The summed E-state index contributed by atoms with van der Waals surface area (Å²) in [7, 11) is 0. The van der Waals surface area contributed by atoms with Gasteiger partial charge < -0.3 is 15.1 Å². The molecule has 1 N–H and O–H groups in total. The molecule has 0 unspecified atom stereocenters. The van der Waals surface area contributed by atoms with E-state index in [1.807, 2.05) is 23.1 Å². The summed E-state index contributed by atoms with van der Waals surface area (Å²) in [5, 5.41) is 13.7. The van der Waals surface area contributed by atoms with Crippen molar-refractivity contribution < 1.29 is 14.5 Å². The van der Waals surface area contributed by atoms with E-state index in [4.69, 9.17) is 0 Å². The number of rotatable bonds is 8. The number of nitro benzene ring substituents is 1. The standard InChI is InChI=1S/C32H34N4O4/c37-31(15-10-24-8-12-28(13-9-24)36(39)40)33-27-11-14-30(29(23-27)32(38)35-18-4-5-19-35)34-20-16-26(17-21-34)22-25-6-2-1-3-7-25/h1-3,6-15,23,26H,4-5,16-22H2,(H,33,37). The molecule has 40 heavy (non-hydrogen) atoms. The molecule has 0 aliphatic carbocycles. The van der Waals surface area contributed by atoms with Crippen LogP contribution in [0.2, 0.25) is 0 Å². The molecule has 2 heterocycles. The zero-order valence-electron chi connectivity index (χ0n) is 22.5. The highest BCUT2D eigenvalue weighted by atomic mass is 16.6. The van der Waals surface area contributed by atoms with Crippen LogP contribution in [-0.4, -0.2) is 47.8 Å². The van der Waals surface area contributed by atoms with E-state index in [0.717, 1.165) is 64.0 Å². The molecule has 206 valence electrons. The predicted molar refractivity (Wildman–Crippen MR) is 157 cm³/mol. The minimum atomic E-state index is -0.460. The summed E-state index contributed by atoms with van der Waals surface area (Å²) in [4.78, 5) is 40.8. The lowest BCUT2D eigenvalue weighted by Gasteiger charge is -2.35. The SMILES string of the molecule is O=C(C=Cc1ccc([N+](=O)[O-])cc1)Nc1ccc(N2CCC(Cc3ccccc3)CC2)c(C(=O)N2CCCC2)c1. The number of amides is 2. The Kier molecular flexibility index (Phi) is 8.54. The fourth-order valence-electron chi connectivity index (χ4n) is 5.54. The third-order valence-corrected chi connectivity index (χ3v) is 7.74. The van der Waals surface area contributed by atoms with E-state index in [1.165, 1.54) is 23.8 Å². The topological polar surface area (TPSA) is 95.8 Å². The van der Waals surface area contributed by atoms with Crippen LogP contribution >= 0.6 is 0 Å². The lowest BCUT2D eigenvalue weighted by Crippen LogP contribution is -2.36. The first-order valence-electron chi connectivity index (χ1n) is 13.9. The first-order chi connectivity index (χ1) is 19.5. The van der Waals surface area contributed by atoms with Gasteiger partial charge in [-0.05, 0) is 85.6 Å². The number of hydrogen-bond donors (Lipinski definition) is 1. The number of anilines is 2. The largest absolute Gasteiger partial charge is 0.371 e. The van der Waals surface area contributed by atoms with E-state index in [-0.39, 0.29) is 17.5 Å². The van der Waals surface area contributed by atoms with Crippen LogP contribution in [0.1, 0.15) is 47.2 Å². The second kappa shape index (κ2) is 12.6. The van der Waals surface area contributed by atoms with Crippen LogP contribution < -0.4 is 10.2 Å². The van der Waals surface area contributed by atoms with Crippen molar-refractivity contribution in [1.82, 2.24) is 4.90 Å². The van der Waals surface area contributed by atoms with E-state index >= 15 is 0 Å². The van der Waals surface area contributed by atoms with Crippen molar-refractivity contribution in [3.8, 4) is 0 Å². The van der Waals surface area contributed by atoms with Gasteiger partial charge in [0.1, 0.15) is 0 Å². The van der Waals surface area contributed by atoms with Crippen molar-refractivity contribution in [2.75, 3.05) is 36.4 Å². The van der Waals surface area contributed by atoms with Crippen molar-refractivity contribution in [1.29, 1.82) is 0 Å². The molecule has 2 aliphatic heterocycles. The van der Waals surface area contributed by atoms with Crippen LogP contribution in [0, 0.1) is 16.0 Å². The van der Waals surface area contributed by atoms with Crippen LogP contribution in [0.5, 0.6) is 0 Å². The summed E-state index contributed by atoms with van der Waals surface area (Å²) in [6.45, 7) is 3.29. The molecule has 0 spiro atoms. The van der Waals surface area contributed by atoms with Crippen LogP contribution in [0.4, 0.5) is 17.1 Å². The number of carbonyl (C=O) groups excluding carboxylic acids is 2. The number of nitro groups is 1. The van der Waals surface area contributed by atoms with Crippen molar-refractivity contribution in [3.05, 3.63) is 106 Å². The Hall–Kier alpha value is -4.46. The van der Waals surface area contributed by atoms with Gasteiger partial charge in [0.25, 0.3) is 11.6 Å². The number of carbonyl (C=O) groups is 2. The van der Waals surface area contributed by atoms with Crippen molar-refractivity contribution in [2.24, 2.45) is 5.92 Å². The molecule has 2 aliphatic rings. The highest BCUT2D eigenvalue weighted by Gasteiger charge is 2.27. The number of benzene rings is 3. The number of nitrogens with one attached hydrogen (secondary N) is 1. The zero-order chi connectivity index (χ0) is 27.9. The number of non-ortho nitro benzene ring substituents is 1. The molecule has 5 rings (SSSR count). The fraction of sp³-hybridized carbons (Fsp3) is 0.312. The normalized spacial score (nSPS) is 15.9. The maximum Gasteiger partial charge on any atom is 0.269 e. The Bertz CT molecular complexity index is 1370. The number of hydrogen-bond acceptors (Lipinski definition) is 5. The highest BCUT2D eigenvalue weighted by Crippen LogP contribution is 2.31. The molecular formula is C32H34N4O4. The molecule has 0 radical (unpaired) electrons. The summed E-state index contributed by atoms with van der Waals surface area (Å²) in [6, 6.07) is 22.2. The maximum absolute atomic E-state index is 13.6. The molecule has 2 fully saturated rings. The average Bonchev–Trinajstić information content (AvgIpc) is 3.52. The van der Waals surface area contributed by atoms with Gasteiger partial charge in [0.15, 0.2) is 0 Å². The molecule has 3 aromatic rings. The van der Waals surface area contributed by atoms with E-state index in [1.54, 1.807) is 24.3 Å². The monoisotopic (exact) mass is 538 g/mol. The molecule has 2 amide bonds. The summed E-state index contributed by atoms with van der Waals surface area (Å²) in [5.41, 5.74) is 4.15. The molecule has 8 heteroatoms. The summed E-state index contributed by atoms with van der Waals surface area (Å²) < 4.78 is 0. The van der Waals surface area contributed by atoms with Gasteiger partial charge in [0.05, 0.1) is 10.5 Å². The minimum absolute atomic E-state index is 0.00249. The van der Waals surface area contributed by atoms with Crippen molar-refractivity contribution >= 4 is 35.0 Å². The van der Waals surface area contributed by atoms with Crippen LogP contribution in [0.25, 0.3) is 6.08 Å². The van der Waals surface area contributed by atoms with Crippen LogP contribution in [-0.2, 0) is 11.2 Å². The molecule has 3 aromatic carbocycles. The van der Waals surface area contributed by atoms with Gasteiger partial charge in [0.2, 0.25) is 5.91 Å². The maximum atomic E-state index is 13.6. The van der Waals surface area contributed by atoms with E-state index in [9.17, 15) is 19.7 Å². The molecule has 0 bridgehead atoms. The summed E-state index contributed by atoms with van der Waals surface area (Å²) in [6.07, 6.45) is 8.21. The van der Waals surface area contributed by atoms with Gasteiger partial charge in [-0.1, -0.05) is 30.3 Å². The molecule has 0 atom stereocenters. The van der Waals surface area contributed by atoms with E-state index < -0.39 is 4.92 Å². The Morgan fingerprint density at radius 1 is 0.925 bits per heavy atom. The third-order valence-electron chi connectivity index (χ3n) is 7.74. The van der Waals surface area contributed by atoms with Gasteiger partial charge in [-0.3, -0.25) is 19.7 Å². The van der Waals surface area contributed by atoms with Crippen molar-refractivity contribution in [3.63, 3.8) is 0 Å². The fourth-order valence-corrected chi connectivity index (χ4v) is 5.54. The lowest BCUT2D eigenvalue weighted by atomic mass is 9.89. The van der Waals surface area contributed by atoms with Crippen molar-refractivity contribution in [2.45, 2.75) is 32.1 Å². The van der Waals surface area contributed by atoms with Gasteiger partial charge in [-0.15, -0.1) is 0 Å². The quantitative estimate of drug-likeness (QED) is 0.218. The Labute approximate surface area is 234 Å².